The zero-order valence-corrected chi connectivity index (χ0v) is 13.3. The van der Waals surface area contributed by atoms with Crippen LogP contribution in [-0.4, -0.2) is 38.0 Å². The van der Waals surface area contributed by atoms with Crippen molar-refractivity contribution in [1.29, 1.82) is 0 Å². The molecule has 2 rings (SSSR count). The summed E-state index contributed by atoms with van der Waals surface area (Å²) in [5.41, 5.74) is 0. The third kappa shape index (κ3) is 3.78. The van der Waals surface area contributed by atoms with Crippen molar-refractivity contribution in [2.75, 3.05) is 27.2 Å². The average molecular weight is 296 g/mol. The minimum Gasteiger partial charge on any atom is -0.351 e. The van der Waals surface area contributed by atoms with E-state index in [9.17, 15) is 4.79 Å². The van der Waals surface area contributed by atoms with Crippen LogP contribution in [0.3, 0.4) is 0 Å². The molecule has 0 saturated carbocycles. The van der Waals surface area contributed by atoms with Crippen LogP contribution in [0.4, 0.5) is 0 Å². The Morgan fingerprint density at radius 2 is 2.11 bits per heavy atom. The zero-order valence-electron chi connectivity index (χ0n) is 11.7. The molecule has 3 nitrogen and oxygen atoms in total. The Bertz CT molecular complexity index is 525. The minimum atomic E-state index is 0.0604. The van der Waals surface area contributed by atoms with E-state index in [1.807, 2.05) is 20.2 Å². The molecule has 1 N–H and O–H groups in total. The van der Waals surface area contributed by atoms with Gasteiger partial charge < -0.3 is 10.2 Å². The van der Waals surface area contributed by atoms with E-state index in [1.54, 1.807) is 22.7 Å². The van der Waals surface area contributed by atoms with E-state index in [1.165, 1.54) is 14.3 Å². The highest BCUT2D eigenvalue weighted by Crippen LogP contribution is 2.33. The predicted octanol–water partition coefficient (Wildman–Crippen LogP) is 3.21. The van der Waals surface area contributed by atoms with Gasteiger partial charge in [-0.25, -0.2) is 0 Å². The van der Waals surface area contributed by atoms with Crippen molar-refractivity contribution in [3.8, 4) is 0 Å². The van der Waals surface area contributed by atoms with Crippen molar-refractivity contribution in [2.45, 2.75) is 19.8 Å². The first-order chi connectivity index (χ1) is 9.10. The third-order valence-electron chi connectivity index (χ3n) is 2.91. The smallest absolute Gasteiger partial charge is 0.261 e. The van der Waals surface area contributed by atoms with Crippen LogP contribution in [0.25, 0.3) is 9.40 Å². The number of nitrogens with zero attached hydrogens (tertiary/aromatic N) is 1. The van der Waals surface area contributed by atoms with Gasteiger partial charge in [0.25, 0.3) is 5.91 Å². The van der Waals surface area contributed by atoms with Crippen LogP contribution in [0, 0.1) is 0 Å². The molecule has 0 aliphatic rings. The summed E-state index contributed by atoms with van der Waals surface area (Å²) in [6.45, 7) is 3.90. The Morgan fingerprint density at radius 3 is 2.74 bits per heavy atom. The van der Waals surface area contributed by atoms with E-state index in [4.69, 9.17) is 0 Å². The van der Waals surface area contributed by atoms with Crippen LogP contribution >= 0.6 is 22.7 Å². The van der Waals surface area contributed by atoms with Gasteiger partial charge in [0.1, 0.15) is 0 Å². The molecule has 19 heavy (non-hydrogen) atoms. The van der Waals surface area contributed by atoms with E-state index in [0.717, 1.165) is 30.8 Å². The second-order valence-electron chi connectivity index (χ2n) is 4.83. The molecule has 0 saturated heterocycles. The molecule has 104 valence electrons. The summed E-state index contributed by atoms with van der Waals surface area (Å²) in [5.74, 6) is 0.0604. The van der Waals surface area contributed by atoms with Gasteiger partial charge in [0.15, 0.2) is 0 Å². The molecular weight excluding hydrogens is 276 g/mol. The number of nitrogens with one attached hydrogen (secondary N) is 1. The summed E-state index contributed by atoms with van der Waals surface area (Å²) in [5, 5.41) is 4.20. The van der Waals surface area contributed by atoms with Gasteiger partial charge in [-0.2, -0.15) is 0 Å². The molecule has 0 fully saturated rings. The second-order valence-corrected chi connectivity index (χ2v) is 7.28. The molecule has 0 atom stereocenters. The van der Waals surface area contributed by atoms with Crippen LogP contribution < -0.4 is 5.32 Å². The number of carbonyl (C=O) groups excluding carboxylic acids is 1. The summed E-state index contributed by atoms with van der Waals surface area (Å²) in [4.78, 5) is 16.3. The van der Waals surface area contributed by atoms with E-state index in [2.05, 4.69) is 23.2 Å². The highest BCUT2D eigenvalue weighted by Gasteiger charge is 2.11. The maximum atomic E-state index is 12.0. The lowest BCUT2D eigenvalue weighted by molar-refractivity contribution is 0.0956. The molecule has 5 heteroatoms. The quantitative estimate of drug-likeness (QED) is 0.830. The molecule has 2 aromatic rings. The summed E-state index contributed by atoms with van der Waals surface area (Å²) < 4.78 is 1.26. The molecule has 0 spiro atoms. The number of rotatable bonds is 6. The number of hydrogen-bond donors (Lipinski definition) is 1. The largest absolute Gasteiger partial charge is 0.351 e. The Morgan fingerprint density at radius 1 is 1.32 bits per heavy atom. The topological polar surface area (TPSA) is 32.3 Å². The number of amides is 1. The molecule has 0 radical (unpaired) electrons. The lowest BCUT2D eigenvalue weighted by Gasteiger charge is -2.09. The van der Waals surface area contributed by atoms with Crippen molar-refractivity contribution < 1.29 is 4.79 Å². The molecule has 0 bridgehead atoms. The Hall–Kier alpha value is -0.910. The van der Waals surface area contributed by atoms with Gasteiger partial charge in [-0.3, -0.25) is 4.79 Å². The Kier molecular flexibility index (Phi) is 4.96. The van der Waals surface area contributed by atoms with Gasteiger partial charge in [0, 0.05) is 16.8 Å². The number of aryl methyl sites for hydroxylation is 1. The van der Waals surface area contributed by atoms with E-state index < -0.39 is 0 Å². The Balaban J connectivity index is 1.92. The first-order valence-electron chi connectivity index (χ1n) is 6.55. The standard InChI is InChI=1S/C14H20N2OS2/c1-4-11-8-10-9-12(19-14(10)18-11)13(17)15-6-5-7-16(2)3/h8-9H,4-7H2,1-3H3,(H,15,17). The van der Waals surface area contributed by atoms with Gasteiger partial charge in [0.05, 0.1) is 8.89 Å². The average Bonchev–Trinajstić information content (AvgIpc) is 2.91. The second kappa shape index (κ2) is 6.50. The first kappa shape index (κ1) is 14.5. The van der Waals surface area contributed by atoms with Gasteiger partial charge in [-0.15, -0.1) is 22.7 Å². The number of fused-ring (bicyclic) bond motifs is 1. The summed E-state index contributed by atoms with van der Waals surface area (Å²) in [7, 11) is 4.08. The van der Waals surface area contributed by atoms with Crippen molar-refractivity contribution in [1.82, 2.24) is 10.2 Å². The predicted molar refractivity (Wildman–Crippen MR) is 84.6 cm³/mol. The highest BCUT2D eigenvalue weighted by molar-refractivity contribution is 7.39. The number of carbonyl (C=O) groups is 1. The lowest BCUT2D eigenvalue weighted by atomic mass is 10.3. The van der Waals surface area contributed by atoms with Crippen molar-refractivity contribution in [3.63, 3.8) is 0 Å². The first-order valence-corrected chi connectivity index (χ1v) is 8.18. The van der Waals surface area contributed by atoms with Crippen LogP contribution in [0.15, 0.2) is 12.1 Å². The monoisotopic (exact) mass is 296 g/mol. The summed E-state index contributed by atoms with van der Waals surface area (Å²) >= 11 is 3.40. The highest BCUT2D eigenvalue weighted by atomic mass is 32.2. The maximum absolute atomic E-state index is 12.0. The SMILES string of the molecule is CCc1cc2cc(C(=O)NCCCN(C)C)sc2s1. The summed E-state index contributed by atoms with van der Waals surface area (Å²) in [6.07, 6.45) is 2.05. The van der Waals surface area contributed by atoms with Crippen molar-refractivity contribution in [3.05, 3.63) is 21.9 Å². The molecule has 0 aromatic carbocycles. The van der Waals surface area contributed by atoms with E-state index >= 15 is 0 Å². The molecule has 0 aliphatic heterocycles. The molecule has 0 aliphatic carbocycles. The molecule has 2 heterocycles. The van der Waals surface area contributed by atoms with Crippen LogP contribution in [0.5, 0.6) is 0 Å². The maximum Gasteiger partial charge on any atom is 0.261 e. The van der Waals surface area contributed by atoms with Crippen LogP contribution in [-0.2, 0) is 6.42 Å². The van der Waals surface area contributed by atoms with Crippen molar-refractivity contribution >= 4 is 38.0 Å². The normalized spacial score (nSPS) is 11.4. The van der Waals surface area contributed by atoms with Gasteiger partial charge in [-0.05, 0) is 45.6 Å². The third-order valence-corrected chi connectivity index (χ3v) is 5.44. The number of thiophene rings is 2. The minimum absolute atomic E-state index is 0.0604. The van der Waals surface area contributed by atoms with Crippen LogP contribution in [0.1, 0.15) is 27.9 Å². The van der Waals surface area contributed by atoms with Crippen molar-refractivity contribution in [2.24, 2.45) is 0 Å². The fourth-order valence-corrected chi connectivity index (χ4v) is 4.21. The zero-order chi connectivity index (χ0) is 13.8. The Labute approximate surface area is 122 Å². The van der Waals surface area contributed by atoms with E-state index in [-0.39, 0.29) is 5.91 Å². The number of hydrogen-bond acceptors (Lipinski definition) is 4. The lowest BCUT2D eigenvalue weighted by Crippen LogP contribution is -2.26. The molecule has 1 amide bonds. The fourth-order valence-electron chi connectivity index (χ4n) is 1.86. The summed E-state index contributed by atoms with van der Waals surface area (Å²) in [6, 6.07) is 4.20. The van der Waals surface area contributed by atoms with E-state index in [0.29, 0.717) is 0 Å². The fraction of sp³-hybridized carbons (Fsp3) is 0.500. The molecular formula is C14H20N2OS2. The van der Waals surface area contributed by atoms with Crippen LogP contribution in [0.2, 0.25) is 0 Å². The molecule has 2 aromatic heterocycles. The van der Waals surface area contributed by atoms with Gasteiger partial charge in [0.2, 0.25) is 0 Å². The molecule has 0 unspecified atom stereocenters. The van der Waals surface area contributed by atoms with Gasteiger partial charge >= 0.3 is 0 Å². The van der Waals surface area contributed by atoms with Gasteiger partial charge in [-0.1, -0.05) is 6.92 Å².